The zero-order chi connectivity index (χ0) is 15.8. The third-order valence-electron chi connectivity index (χ3n) is 3.03. The number of carbonyl (C=O) groups excluding carboxylic acids is 3. The quantitative estimate of drug-likeness (QED) is 0.584. The maximum atomic E-state index is 12.1. The smallest absolute Gasteiger partial charge is 0.338 e. The number of hydrogen-bond donors (Lipinski definition) is 0. The lowest BCUT2D eigenvalue weighted by molar-refractivity contribution is -0.211. The largest absolute Gasteiger partial charge is 0.458 e. The van der Waals surface area contributed by atoms with Crippen molar-refractivity contribution < 1.29 is 24.0 Å². The third-order valence-corrected chi connectivity index (χ3v) is 3.03. The van der Waals surface area contributed by atoms with E-state index in [2.05, 4.69) is 0 Å². The maximum absolute atomic E-state index is 12.1. The maximum Gasteiger partial charge on any atom is 0.338 e. The van der Waals surface area contributed by atoms with Crippen LogP contribution in [0.15, 0.2) is 23.3 Å². The van der Waals surface area contributed by atoms with Gasteiger partial charge in [-0.05, 0) is 40.5 Å². The number of imide groups is 1. The molecule has 21 heavy (non-hydrogen) atoms. The van der Waals surface area contributed by atoms with Crippen LogP contribution in [-0.4, -0.2) is 34.6 Å². The summed E-state index contributed by atoms with van der Waals surface area (Å²) in [6, 6.07) is 0. The SMILES string of the molecule is CC(ON1C(=O)C2=C(CCC=C2)C1=O)C(=O)OC(C)(C)C. The van der Waals surface area contributed by atoms with Crippen molar-refractivity contribution in [2.24, 2.45) is 0 Å². The van der Waals surface area contributed by atoms with E-state index in [1.54, 1.807) is 26.8 Å². The molecule has 1 unspecified atom stereocenters. The minimum absolute atomic E-state index is 0.350. The van der Waals surface area contributed by atoms with Crippen LogP contribution in [0.25, 0.3) is 0 Å². The van der Waals surface area contributed by atoms with Gasteiger partial charge in [0.15, 0.2) is 6.10 Å². The van der Waals surface area contributed by atoms with E-state index in [1.807, 2.05) is 6.08 Å². The molecule has 0 aromatic rings. The molecule has 0 bridgehead atoms. The molecule has 0 saturated carbocycles. The first-order chi connectivity index (χ1) is 9.70. The third kappa shape index (κ3) is 3.21. The molecular formula is C15H19NO5. The lowest BCUT2D eigenvalue weighted by atomic mass is 10.00. The Balaban J connectivity index is 2.05. The Morgan fingerprint density at radius 1 is 1.29 bits per heavy atom. The van der Waals surface area contributed by atoms with Gasteiger partial charge in [-0.2, -0.15) is 0 Å². The van der Waals surface area contributed by atoms with E-state index >= 15 is 0 Å². The monoisotopic (exact) mass is 293 g/mol. The summed E-state index contributed by atoms with van der Waals surface area (Å²) in [4.78, 5) is 41.3. The number of rotatable bonds is 3. The molecule has 0 fully saturated rings. The second kappa shape index (κ2) is 5.44. The summed E-state index contributed by atoms with van der Waals surface area (Å²) < 4.78 is 5.16. The van der Waals surface area contributed by atoms with Crippen LogP contribution in [0.3, 0.4) is 0 Å². The molecule has 2 amide bonds. The molecule has 0 aromatic heterocycles. The van der Waals surface area contributed by atoms with E-state index in [0.717, 1.165) is 0 Å². The molecular weight excluding hydrogens is 274 g/mol. The molecule has 1 heterocycles. The fraction of sp³-hybridized carbons (Fsp3) is 0.533. The Labute approximate surface area is 123 Å². The highest BCUT2D eigenvalue weighted by atomic mass is 16.7. The van der Waals surface area contributed by atoms with E-state index in [1.165, 1.54) is 6.92 Å². The second-order valence-corrected chi connectivity index (χ2v) is 6.02. The summed E-state index contributed by atoms with van der Waals surface area (Å²) in [6.07, 6.45) is 3.65. The van der Waals surface area contributed by atoms with Gasteiger partial charge in [-0.25, -0.2) is 9.63 Å². The lowest BCUT2D eigenvalue weighted by Gasteiger charge is -2.24. The van der Waals surface area contributed by atoms with Gasteiger partial charge in [0.05, 0.1) is 5.57 Å². The molecule has 1 aliphatic carbocycles. The van der Waals surface area contributed by atoms with Crippen molar-refractivity contribution in [1.29, 1.82) is 0 Å². The molecule has 114 valence electrons. The van der Waals surface area contributed by atoms with Crippen molar-refractivity contribution >= 4 is 17.8 Å². The molecule has 1 aliphatic heterocycles. The van der Waals surface area contributed by atoms with Crippen LogP contribution in [-0.2, 0) is 24.0 Å². The van der Waals surface area contributed by atoms with Crippen LogP contribution >= 0.6 is 0 Å². The number of amides is 2. The van der Waals surface area contributed by atoms with Crippen molar-refractivity contribution in [3.8, 4) is 0 Å². The predicted octanol–water partition coefficient (Wildman–Crippen LogP) is 1.66. The number of carbonyl (C=O) groups is 3. The van der Waals surface area contributed by atoms with Crippen LogP contribution in [0.4, 0.5) is 0 Å². The van der Waals surface area contributed by atoms with Gasteiger partial charge in [-0.3, -0.25) is 9.59 Å². The van der Waals surface area contributed by atoms with Crippen LogP contribution in [0.2, 0.25) is 0 Å². The van der Waals surface area contributed by atoms with Gasteiger partial charge in [0.25, 0.3) is 11.8 Å². The van der Waals surface area contributed by atoms with Gasteiger partial charge in [-0.15, -0.1) is 5.06 Å². The number of allylic oxidation sites excluding steroid dienone is 1. The van der Waals surface area contributed by atoms with E-state index in [4.69, 9.17) is 9.57 Å². The summed E-state index contributed by atoms with van der Waals surface area (Å²) >= 11 is 0. The predicted molar refractivity (Wildman–Crippen MR) is 73.6 cm³/mol. The van der Waals surface area contributed by atoms with Crippen LogP contribution in [0.5, 0.6) is 0 Å². The van der Waals surface area contributed by atoms with Crippen molar-refractivity contribution in [1.82, 2.24) is 5.06 Å². The lowest BCUT2D eigenvalue weighted by Crippen LogP contribution is -2.40. The number of esters is 1. The molecule has 6 nitrogen and oxygen atoms in total. The zero-order valence-corrected chi connectivity index (χ0v) is 12.6. The molecule has 0 aromatic carbocycles. The summed E-state index contributed by atoms with van der Waals surface area (Å²) in [5, 5.41) is 0.662. The van der Waals surface area contributed by atoms with Crippen LogP contribution in [0, 0.1) is 0 Å². The van der Waals surface area contributed by atoms with Crippen molar-refractivity contribution in [3.63, 3.8) is 0 Å². The average Bonchev–Trinajstić information content (AvgIpc) is 2.62. The topological polar surface area (TPSA) is 72.9 Å². The Bertz CT molecular complexity index is 553. The first-order valence-electron chi connectivity index (χ1n) is 6.89. The molecule has 0 saturated heterocycles. The fourth-order valence-corrected chi connectivity index (χ4v) is 2.09. The second-order valence-electron chi connectivity index (χ2n) is 6.02. The molecule has 0 N–H and O–H groups in total. The normalized spacial score (nSPS) is 19.9. The zero-order valence-electron chi connectivity index (χ0n) is 12.6. The Hall–Kier alpha value is -1.95. The van der Waals surface area contributed by atoms with Crippen LogP contribution < -0.4 is 0 Å². The van der Waals surface area contributed by atoms with E-state index in [-0.39, 0.29) is 0 Å². The first kappa shape index (κ1) is 15.4. The molecule has 6 heteroatoms. The number of hydrogen-bond acceptors (Lipinski definition) is 5. The number of ether oxygens (including phenoxy) is 1. The van der Waals surface area contributed by atoms with Gasteiger partial charge in [0.1, 0.15) is 5.60 Å². The van der Waals surface area contributed by atoms with E-state index in [9.17, 15) is 14.4 Å². The molecule has 2 aliphatic rings. The molecule has 2 rings (SSSR count). The molecule has 0 radical (unpaired) electrons. The van der Waals surface area contributed by atoms with Crippen LogP contribution in [0.1, 0.15) is 40.5 Å². The van der Waals surface area contributed by atoms with Crippen molar-refractivity contribution in [2.75, 3.05) is 0 Å². The number of hydroxylamine groups is 2. The standard InChI is InChI=1S/C15H19NO5/c1-9(14(19)20-15(2,3)4)21-16-12(17)10-7-5-6-8-11(10)13(16)18/h5,7,9H,6,8H2,1-4H3. The fourth-order valence-electron chi connectivity index (χ4n) is 2.09. The summed E-state index contributed by atoms with van der Waals surface area (Å²) in [6.45, 7) is 6.64. The summed E-state index contributed by atoms with van der Waals surface area (Å²) in [5.74, 6) is -1.64. The average molecular weight is 293 g/mol. The highest BCUT2D eigenvalue weighted by Crippen LogP contribution is 2.29. The van der Waals surface area contributed by atoms with Gasteiger partial charge in [0, 0.05) is 5.57 Å². The van der Waals surface area contributed by atoms with Gasteiger partial charge in [0.2, 0.25) is 0 Å². The van der Waals surface area contributed by atoms with Gasteiger partial charge >= 0.3 is 5.97 Å². The Kier molecular flexibility index (Phi) is 4.00. The Morgan fingerprint density at radius 2 is 1.95 bits per heavy atom. The Morgan fingerprint density at radius 3 is 2.52 bits per heavy atom. The minimum Gasteiger partial charge on any atom is -0.458 e. The minimum atomic E-state index is -1.04. The van der Waals surface area contributed by atoms with Gasteiger partial charge < -0.3 is 4.74 Å². The highest BCUT2D eigenvalue weighted by molar-refractivity contribution is 6.20. The number of nitrogens with zero attached hydrogens (tertiary/aromatic N) is 1. The van der Waals surface area contributed by atoms with E-state index < -0.39 is 29.5 Å². The summed E-state index contributed by atoms with van der Waals surface area (Å²) in [5.41, 5.74) is 0.134. The summed E-state index contributed by atoms with van der Waals surface area (Å²) in [7, 11) is 0. The van der Waals surface area contributed by atoms with E-state index in [0.29, 0.717) is 29.1 Å². The molecule has 0 spiro atoms. The van der Waals surface area contributed by atoms with Crippen molar-refractivity contribution in [3.05, 3.63) is 23.3 Å². The highest BCUT2D eigenvalue weighted by Gasteiger charge is 2.40. The first-order valence-corrected chi connectivity index (χ1v) is 6.89. The van der Waals surface area contributed by atoms with Crippen molar-refractivity contribution in [2.45, 2.75) is 52.2 Å². The van der Waals surface area contributed by atoms with Gasteiger partial charge in [-0.1, -0.05) is 12.2 Å². The molecule has 1 atom stereocenters.